The largest absolute Gasteiger partial charge is 0.370 e. The van der Waals surface area contributed by atoms with Crippen LogP contribution in [0, 0.1) is 0 Å². The van der Waals surface area contributed by atoms with E-state index in [-0.39, 0.29) is 5.91 Å². The van der Waals surface area contributed by atoms with Gasteiger partial charge in [0.05, 0.1) is 0 Å². The van der Waals surface area contributed by atoms with E-state index >= 15 is 0 Å². The maximum absolute atomic E-state index is 10.5. The van der Waals surface area contributed by atoms with Crippen LogP contribution < -0.4 is 11.1 Å². The van der Waals surface area contributed by atoms with Crippen molar-refractivity contribution in [1.29, 1.82) is 0 Å². The fourth-order valence-corrected chi connectivity index (χ4v) is 2.05. The van der Waals surface area contributed by atoms with Crippen LogP contribution >= 0.6 is 24.0 Å². The first kappa shape index (κ1) is 13.0. The van der Waals surface area contributed by atoms with Crippen LogP contribution in [-0.2, 0) is 11.3 Å². The normalized spacial score (nSPS) is 9.75. The molecule has 3 N–H and O–H groups in total. The number of thioether (sulfide) groups is 1. The highest BCUT2D eigenvalue weighted by Crippen LogP contribution is 2.05. The summed E-state index contributed by atoms with van der Waals surface area (Å²) in [5.41, 5.74) is 6.21. The number of hydrogen-bond acceptors (Lipinski definition) is 3. The molecule has 0 saturated carbocycles. The Kier molecular flexibility index (Phi) is 5.88. The molecule has 0 aliphatic carbocycles. The van der Waals surface area contributed by atoms with Crippen LogP contribution in [0.1, 0.15) is 12.0 Å². The molecule has 1 aromatic rings. The van der Waals surface area contributed by atoms with Crippen LogP contribution in [0.4, 0.5) is 0 Å². The van der Waals surface area contributed by atoms with Gasteiger partial charge in [0, 0.05) is 18.7 Å². The molecule has 86 valence electrons. The Morgan fingerprint density at radius 2 is 2.06 bits per heavy atom. The van der Waals surface area contributed by atoms with Gasteiger partial charge in [-0.15, -0.1) is 0 Å². The van der Waals surface area contributed by atoms with Gasteiger partial charge in [-0.3, -0.25) is 4.79 Å². The minimum atomic E-state index is -0.293. The van der Waals surface area contributed by atoms with Gasteiger partial charge in [-0.25, -0.2) is 0 Å². The van der Waals surface area contributed by atoms with E-state index in [2.05, 4.69) is 5.32 Å². The molecule has 0 saturated heterocycles. The molecule has 3 nitrogen and oxygen atoms in total. The molecule has 0 aliphatic rings. The molecule has 5 heteroatoms. The SMILES string of the molecule is NC(=O)CCSC(=S)NCc1ccccc1. The van der Waals surface area contributed by atoms with Crippen molar-refractivity contribution in [1.82, 2.24) is 5.32 Å². The average molecular weight is 254 g/mol. The number of hydrogen-bond donors (Lipinski definition) is 2. The van der Waals surface area contributed by atoms with E-state index in [1.807, 2.05) is 30.3 Å². The lowest BCUT2D eigenvalue weighted by Gasteiger charge is -2.06. The van der Waals surface area contributed by atoms with Crippen LogP contribution in [0.15, 0.2) is 30.3 Å². The number of carbonyl (C=O) groups is 1. The molecule has 0 bridgehead atoms. The van der Waals surface area contributed by atoms with Gasteiger partial charge in [0.1, 0.15) is 4.32 Å². The first-order valence-corrected chi connectivity index (χ1v) is 6.30. The van der Waals surface area contributed by atoms with Crippen molar-refractivity contribution in [3.8, 4) is 0 Å². The maximum atomic E-state index is 10.5. The van der Waals surface area contributed by atoms with E-state index < -0.39 is 0 Å². The smallest absolute Gasteiger partial charge is 0.218 e. The average Bonchev–Trinajstić information content (AvgIpc) is 2.27. The van der Waals surface area contributed by atoms with E-state index in [0.29, 0.717) is 23.0 Å². The summed E-state index contributed by atoms with van der Waals surface area (Å²) >= 11 is 6.55. The minimum absolute atomic E-state index is 0.293. The molecule has 1 amide bonds. The van der Waals surface area contributed by atoms with E-state index in [1.54, 1.807) is 0 Å². The second-order valence-electron chi connectivity index (χ2n) is 3.19. The molecule has 0 radical (unpaired) electrons. The van der Waals surface area contributed by atoms with Crippen LogP contribution in [0.2, 0.25) is 0 Å². The second-order valence-corrected chi connectivity index (χ2v) is 4.96. The standard InChI is InChI=1S/C11H14N2OS2/c12-10(14)6-7-16-11(15)13-8-9-4-2-1-3-5-9/h1-5H,6-8H2,(H2,12,14)(H,13,15). The molecule has 0 spiro atoms. The number of thiocarbonyl (C=S) groups is 1. The Bertz CT molecular complexity index is 354. The summed E-state index contributed by atoms with van der Waals surface area (Å²) in [6, 6.07) is 10.0. The number of benzene rings is 1. The quantitative estimate of drug-likeness (QED) is 0.785. The van der Waals surface area contributed by atoms with E-state index in [9.17, 15) is 4.79 Å². The molecule has 16 heavy (non-hydrogen) atoms. The number of carbonyl (C=O) groups excluding carboxylic acids is 1. The second kappa shape index (κ2) is 7.24. The van der Waals surface area contributed by atoms with Crippen molar-refractivity contribution < 1.29 is 4.79 Å². The minimum Gasteiger partial charge on any atom is -0.370 e. The molecule has 0 fully saturated rings. The zero-order valence-corrected chi connectivity index (χ0v) is 10.4. The Balaban J connectivity index is 2.18. The third-order valence-corrected chi connectivity index (χ3v) is 3.17. The first-order valence-electron chi connectivity index (χ1n) is 4.91. The van der Waals surface area contributed by atoms with Crippen molar-refractivity contribution in [2.45, 2.75) is 13.0 Å². The molecule has 0 aromatic heterocycles. The molecule has 0 heterocycles. The van der Waals surface area contributed by atoms with Crippen LogP contribution in [0.25, 0.3) is 0 Å². The van der Waals surface area contributed by atoms with E-state index in [4.69, 9.17) is 18.0 Å². The molecular weight excluding hydrogens is 240 g/mol. The number of amides is 1. The third kappa shape index (κ3) is 5.72. The third-order valence-electron chi connectivity index (χ3n) is 1.86. The summed E-state index contributed by atoms with van der Waals surface area (Å²) in [5, 5.41) is 3.11. The van der Waals surface area contributed by atoms with Crippen molar-refractivity contribution in [3.05, 3.63) is 35.9 Å². The summed E-state index contributed by atoms with van der Waals surface area (Å²) in [7, 11) is 0. The lowest BCUT2D eigenvalue weighted by Crippen LogP contribution is -2.19. The lowest BCUT2D eigenvalue weighted by molar-refractivity contribution is -0.117. The van der Waals surface area contributed by atoms with Gasteiger partial charge < -0.3 is 11.1 Å². The number of rotatable bonds is 5. The summed E-state index contributed by atoms with van der Waals surface area (Å²) in [6.45, 7) is 0.712. The van der Waals surface area contributed by atoms with Crippen molar-refractivity contribution in [3.63, 3.8) is 0 Å². The van der Waals surface area contributed by atoms with Crippen molar-refractivity contribution >= 4 is 34.2 Å². The van der Waals surface area contributed by atoms with Crippen molar-refractivity contribution in [2.75, 3.05) is 5.75 Å². The zero-order valence-electron chi connectivity index (χ0n) is 8.81. The number of nitrogens with two attached hydrogens (primary N) is 1. The Labute approximate surface area is 105 Å². The van der Waals surface area contributed by atoms with Crippen LogP contribution in [0.3, 0.4) is 0 Å². The predicted octanol–water partition coefficient (Wildman–Crippen LogP) is 1.67. The van der Waals surface area contributed by atoms with Gasteiger partial charge in [-0.2, -0.15) is 0 Å². The summed E-state index contributed by atoms with van der Waals surface area (Å²) < 4.78 is 0.699. The lowest BCUT2D eigenvalue weighted by atomic mass is 10.2. The highest BCUT2D eigenvalue weighted by Gasteiger charge is 1.99. The van der Waals surface area contributed by atoms with Crippen molar-refractivity contribution in [2.24, 2.45) is 5.73 Å². The first-order chi connectivity index (χ1) is 7.68. The topological polar surface area (TPSA) is 55.1 Å². The maximum Gasteiger partial charge on any atom is 0.218 e. The highest BCUT2D eigenvalue weighted by atomic mass is 32.2. The molecule has 1 rings (SSSR count). The number of primary amides is 1. The molecule has 0 aliphatic heterocycles. The summed E-state index contributed by atoms with van der Waals surface area (Å²) in [5.74, 6) is 0.342. The van der Waals surface area contributed by atoms with E-state index in [1.165, 1.54) is 17.3 Å². The van der Waals surface area contributed by atoms with Gasteiger partial charge in [0.25, 0.3) is 0 Å². The van der Waals surface area contributed by atoms with Crippen LogP contribution in [-0.4, -0.2) is 16.0 Å². The summed E-state index contributed by atoms with van der Waals surface area (Å²) in [4.78, 5) is 10.5. The van der Waals surface area contributed by atoms with E-state index in [0.717, 1.165) is 0 Å². The van der Waals surface area contributed by atoms with Gasteiger partial charge in [-0.1, -0.05) is 54.3 Å². The number of nitrogens with one attached hydrogen (secondary N) is 1. The van der Waals surface area contributed by atoms with Gasteiger partial charge in [0.2, 0.25) is 5.91 Å². The highest BCUT2D eigenvalue weighted by molar-refractivity contribution is 8.22. The van der Waals surface area contributed by atoms with Gasteiger partial charge in [0.15, 0.2) is 0 Å². The fourth-order valence-electron chi connectivity index (χ4n) is 1.07. The zero-order chi connectivity index (χ0) is 11.8. The Morgan fingerprint density at radius 3 is 2.69 bits per heavy atom. The Hall–Kier alpha value is -1.07. The summed E-state index contributed by atoms with van der Waals surface area (Å²) in [6.07, 6.45) is 0.359. The molecule has 1 aromatic carbocycles. The fraction of sp³-hybridized carbons (Fsp3) is 0.273. The monoisotopic (exact) mass is 254 g/mol. The Morgan fingerprint density at radius 1 is 1.38 bits per heavy atom. The molecule has 0 atom stereocenters. The predicted molar refractivity (Wildman–Crippen MR) is 72.1 cm³/mol. The van der Waals surface area contributed by atoms with Gasteiger partial charge in [-0.05, 0) is 5.56 Å². The van der Waals surface area contributed by atoms with Crippen LogP contribution in [0.5, 0.6) is 0 Å². The molecular formula is C11H14N2OS2. The van der Waals surface area contributed by atoms with Gasteiger partial charge >= 0.3 is 0 Å². The molecule has 0 unspecified atom stereocenters.